The minimum atomic E-state index is -3.18. The lowest BCUT2D eigenvalue weighted by Gasteiger charge is -2.21. The van der Waals surface area contributed by atoms with Crippen LogP contribution >= 0.6 is 24.0 Å². The third-order valence-electron chi connectivity index (χ3n) is 4.53. The molecular weight excluding hydrogens is 503 g/mol. The number of benzene rings is 1. The Hall–Kier alpha value is -1.07. The predicted octanol–water partition coefficient (Wildman–Crippen LogP) is 2.76. The maximum Gasteiger partial charge on any atom is 0.191 e. The first-order valence-corrected chi connectivity index (χ1v) is 11.8. The van der Waals surface area contributed by atoms with E-state index in [9.17, 15) is 8.42 Å². The third kappa shape index (κ3) is 11.6. The van der Waals surface area contributed by atoms with Crippen molar-refractivity contribution < 1.29 is 13.2 Å². The van der Waals surface area contributed by atoms with Crippen LogP contribution in [0.5, 0.6) is 5.75 Å². The summed E-state index contributed by atoms with van der Waals surface area (Å²) in [6, 6.07) is 6.78. The number of hydrogen-bond acceptors (Lipinski definition) is 5. The Morgan fingerprint density at radius 3 is 2.34 bits per heavy atom. The van der Waals surface area contributed by atoms with Crippen molar-refractivity contribution in [2.75, 3.05) is 46.1 Å². The monoisotopic (exact) mass is 540 g/mol. The molecule has 0 aliphatic carbocycles. The van der Waals surface area contributed by atoms with E-state index in [1.54, 1.807) is 31.3 Å². The first-order chi connectivity index (χ1) is 13.3. The quantitative estimate of drug-likeness (QED) is 0.184. The van der Waals surface area contributed by atoms with E-state index < -0.39 is 9.84 Å². The van der Waals surface area contributed by atoms with Crippen molar-refractivity contribution in [3.63, 3.8) is 0 Å². The summed E-state index contributed by atoms with van der Waals surface area (Å²) < 4.78 is 28.6. The van der Waals surface area contributed by atoms with Crippen LogP contribution in [0.4, 0.5) is 0 Å². The fraction of sp³-hybridized carbons (Fsp3) is 0.650. The van der Waals surface area contributed by atoms with Gasteiger partial charge in [0.05, 0.1) is 11.4 Å². The van der Waals surface area contributed by atoms with Crippen molar-refractivity contribution in [3.8, 4) is 5.75 Å². The van der Waals surface area contributed by atoms with Crippen LogP contribution in [0, 0.1) is 0 Å². The Balaban J connectivity index is 0.00000784. The van der Waals surface area contributed by atoms with E-state index in [0.717, 1.165) is 38.4 Å². The van der Waals surface area contributed by atoms with Gasteiger partial charge in [0.1, 0.15) is 12.4 Å². The number of rotatable bonds is 12. The average molecular weight is 541 g/mol. The van der Waals surface area contributed by atoms with Crippen molar-refractivity contribution in [2.24, 2.45) is 4.99 Å². The molecule has 7 nitrogen and oxygen atoms in total. The maximum absolute atomic E-state index is 11.5. The molecule has 1 unspecified atom stereocenters. The zero-order valence-corrected chi connectivity index (χ0v) is 21.4. The van der Waals surface area contributed by atoms with Gasteiger partial charge in [-0.3, -0.25) is 4.99 Å². The van der Waals surface area contributed by atoms with Crippen LogP contribution < -0.4 is 15.4 Å². The third-order valence-corrected chi connectivity index (χ3v) is 5.66. The molecule has 0 aliphatic heterocycles. The number of ether oxygens (including phenoxy) is 1. The highest BCUT2D eigenvalue weighted by molar-refractivity contribution is 14.0. The molecule has 0 spiro atoms. The fourth-order valence-electron chi connectivity index (χ4n) is 2.78. The summed E-state index contributed by atoms with van der Waals surface area (Å²) in [6.07, 6.45) is 3.43. The van der Waals surface area contributed by atoms with E-state index >= 15 is 0 Å². The zero-order valence-electron chi connectivity index (χ0n) is 18.3. The summed E-state index contributed by atoms with van der Waals surface area (Å²) in [5, 5.41) is 6.63. The molecule has 0 fully saturated rings. The van der Waals surface area contributed by atoms with Crippen LogP contribution in [0.15, 0.2) is 34.2 Å². The van der Waals surface area contributed by atoms with Crippen LogP contribution in [0.1, 0.15) is 33.6 Å². The highest BCUT2D eigenvalue weighted by atomic mass is 127. The summed E-state index contributed by atoms with van der Waals surface area (Å²) in [5.74, 6) is 1.40. The van der Waals surface area contributed by atoms with Crippen molar-refractivity contribution in [1.82, 2.24) is 15.5 Å². The lowest BCUT2D eigenvalue weighted by Crippen LogP contribution is -2.43. The molecule has 0 radical (unpaired) electrons. The SMILES string of the molecule is CCN(CC)CCCC(C)NC(=NC)NCCOc1ccc(S(C)(=O)=O)cc1.I. The Bertz CT molecular complexity index is 692. The molecule has 0 heterocycles. The summed E-state index contributed by atoms with van der Waals surface area (Å²) in [6.45, 7) is 10.9. The molecule has 9 heteroatoms. The summed E-state index contributed by atoms with van der Waals surface area (Å²) >= 11 is 0. The van der Waals surface area contributed by atoms with Crippen molar-refractivity contribution >= 4 is 39.8 Å². The van der Waals surface area contributed by atoms with Gasteiger partial charge >= 0.3 is 0 Å². The number of aliphatic imine (C=N–C) groups is 1. The standard InChI is InChI=1S/C20H36N4O3S.HI/c1-6-24(7-2)15-8-9-17(3)23-20(21-4)22-14-16-27-18-10-12-19(13-11-18)28(5,25)26;/h10-13,17H,6-9,14-16H2,1-5H3,(H2,21,22,23);1H. The molecule has 168 valence electrons. The van der Waals surface area contributed by atoms with Crippen LogP contribution in [0.25, 0.3) is 0 Å². The first kappa shape index (κ1) is 27.9. The smallest absolute Gasteiger partial charge is 0.191 e. The van der Waals surface area contributed by atoms with Gasteiger partial charge in [0.15, 0.2) is 15.8 Å². The second kappa shape index (κ2) is 14.8. The van der Waals surface area contributed by atoms with Gasteiger partial charge in [-0.1, -0.05) is 13.8 Å². The molecule has 0 saturated carbocycles. The molecule has 0 aromatic heterocycles. The summed E-state index contributed by atoms with van der Waals surface area (Å²) in [7, 11) is -1.43. The van der Waals surface area contributed by atoms with Gasteiger partial charge < -0.3 is 20.3 Å². The molecule has 0 bridgehead atoms. The Kier molecular flexibility index (Phi) is 14.3. The number of sulfone groups is 1. The second-order valence-electron chi connectivity index (χ2n) is 6.81. The lowest BCUT2D eigenvalue weighted by molar-refractivity contribution is 0.292. The van der Waals surface area contributed by atoms with Gasteiger partial charge in [0.2, 0.25) is 0 Å². The van der Waals surface area contributed by atoms with Crippen LogP contribution in [0.3, 0.4) is 0 Å². The summed E-state index contributed by atoms with van der Waals surface area (Å²) in [5.41, 5.74) is 0. The van der Waals surface area contributed by atoms with Crippen LogP contribution in [-0.4, -0.2) is 71.4 Å². The number of nitrogens with one attached hydrogen (secondary N) is 2. The topological polar surface area (TPSA) is 83.0 Å². The Labute approximate surface area is 193 Å². The van der Waals surface area contributed by atoms with Crippen molar-refractivity contribution in [2.45, 2.75) is 44.6 Å². The van der Waals surface area contributed by atoms with Gasteiger partial charge in [-0.15, -0.1) is 24.0 Å². The largest absolute Gasteiger partial charge is 0.492 e. The number of hydrogen-bond donors (Lipinski definition) is 2. The molecule has 0 aliphatic rings. The van der Waals surface area contributed by atoms with Crippen molar-refractivity contribution in [3.05, 3.63) is 24.3 Å². The van der Waals surface area contributed by atoms with E-state index in [4.69, 9.17) is 4.74 Å². The number of nitrogens with zero attached hydrogens (tertiary/aromatic N) is 2. The molecule has 1 aromatic carbocycles. The minimum absolute atomic E-state index is 0. The van der Waals surface area contributed by atoms with E-state index in [0.29, 0.717) is 24.9 Å². The highest BCUT2D eigenvalue weighted by Gasteiger charge is 2.08. The lowest BCUT2D eigenvalue weighted by atomic mass is 10.2. The molecule has 1 atom stereocenters. The fourth-order valence-corrected chi connectivity index (χ4v) is 3.41. The van der Waals surface area contributed by atoms with Crippen molar-refractivity contribution in [1.29, 1.82) is 0 Å². The molecule has 0 amide bonds. The van der Waals surface area contributed by atoms with E-state index in [2.05, 4.69) is 41.3 Å². The van der Waals surface area contributed by atoms with Gasteiger partial charge in [-0.2, -0.15) is 0 Å². The van der Waals surface area contributed by atoms with E-state index in [-0.39, 0.29) is 28.9 Å². The Morgan fingerprint density at radius 1 is 1.21 bits per heavy atom. The molecule has 2 N–H and O–H groups in total. The molecule has 1 aromatic rings. The first-order valence-electron chi connectivity index (χ1n) is 9.92. The normalized spacial score (nSPS) is 13.0. The predicted molar refractivity (Wildman–Crippen MR) is 131 cm³/mol. The molecular formula is C20H37IN4O3S. The summed E-state index contributed by atoms with van der Waals surface area (Å²) in [4.78, 5) is 6.97. The van der Waals surface area contributed by atoms with Gasteiger partial charge in [0.25, 0.3) is 0 Å². The number of guanidine groups is 1. The van der Waals surface area contributed by atoms with Crippen LogP contribution in [-0.2, 0) is 9.84 Å². The molecule has 1 rings (SSSR count). The minimum Gasteiger partial charge on any atom is -0.492 e. The van der Waals surface area contributed by atoms with Gasteiger partial charge in [-0.05, 0) is 63.7 Å². The maximum atomic E-state index is 11.5. The van der Waals surface area contributed by atoms with E-state index in [1.807, 2.05) is 0 Å². The molecule has 0 saturated heterocycles. The average Bonchev–Trinajstić information content (AvgIpc) is 2.67. The zero-order chi connectivity index (χ0) is 21.0. The van der Waals surface area contributed by atoms with Gasteiger partial charge in [-0.25, -0.2) is 8.42 Å². The van der Waals surface area contributed by atoms with E-state index in [1.165, 1.54) is 6.26 Å². The highest BCUT2D eigenvalue weighted by Crippen LogP contribution is 2.15. The van der Waals surface area contributed by atoms with Crippen LogP contribution in [0.2, 0.25) is 0 Å². The van der Waals surface area contributed by atoms with Gasteiger partial charge in [0, 0.05) is 19.3 Å². The second-order valence-corrected chi connectivity index (χ2v) is 8.82. The molecule has 29 heavy (non-hydrogen) atoms. The number of halogens is 1. The Morgan fingerprint density at radius 2 is 1.83 bits per heavy atom.